The first-order chi connectivity index (χ1) is 9.11. The van der Waals surface area contributed by atoms with Gasteiger partial charge in [0.25, 0.3) is 5.91 Å². The maximum absolute atomic E-state index is 11.9. The maximum Gasteiger partial charge on any atom is 0.259 e. The monoisotopic (exact) mass is 280 g/mol. The molecule has 1 aromatic heterocycles. The second-order valence-electron chi connectivity index (χ2n) is 4.54. The summed E-state index contributed by atoms with van der Waals surface area (Å²) in [5, 5.41) is 2.41. The molecule has 0 saturated heterocycles. The van der Waals surface area contributed by atoms with Crippen LogP contribution in [0.15, 0.2) is 17.3 Å². The summed E-state index contributed by atoms with van der Waals surface area (Å²) >= 11 is 6.34. The zero-order valence-corrected chi connectivity index (χ0v) is 11.6. The highest BCUT2D eigenvalue weighted by molar-refractivity contribution is 6.21. The number of aryl methyl sites for hydroxylation is 1. The standard InChI is InChI=1S/C13H17ClN4O/c1-16-13(15)18-12(19)8-6-9-10(14)4-2-3-5-11(9)17-7-8/h6-7,10H,2-5H2,1H3,(H3,15,16,18,19). The van der Waals surface area contributed by atoms with Gasteiger partial charge in [-0.3, -0.25) is 20.1 Å². The summed E-state index contributed by atoms with van der Waals surface area (Å²) in [6.45, 7) is 0. The predicted molar refractivity (Wildman–Crippen MR) is 75.4 cm³/mol. The normalized spacial score (nSPS) is 19.5. The molecule has 1 atom stereocenters. The van der Waals surface area contributed by atoms with E-state index in [-0.39, 0.29) is 17.2 Å². The molecule has 0 aromatic carbocycles. The Kier molecular flexibility index (Phi) is 4.37. The minimum absolute atomic E-state index is 0.0741. The smallest absolute Gasteiger partial charge is 0.259 e. The molecule has 0 aliphatic heterocycles. The van der Waals surface area contributed by atoms with Crippen molar-refractivity contribution in [1.82, 2.24) is 10.3 Å². The van der Waals surface area contributed by atoms with Crippen LogP contribution >= 0.6 is 11.6 Å². The highest BCUT2D eigenvalue weighted by Gasteiger charge is 2.19. The second-order valence-corrected chi connectivity index (χ2v) is 5.06. The zero-order valence-electron chi connectivity index (χ0n) is 10.8. The Bertz CT molecular complexity index is 515. The number of nitrogens with two attached hydrogens (primary N) is 1. The highest BCUT2D eigenvalue weighted by Crippen LogP contribution is 2.32. The van der Waals surface area contributed by atoms with E-state index in [9.17, 15) is 4.79 Å². The fourth-order valence-corrected chi connectivity index (χ4v) is 2.47. The summed E-state index contributed by atoms with van der Waals surface area (Å²) in [5.74, 6) is -0.228. The fourth-order valence-electron chi connectivity index (χ4n) is 2.13. The Labute approximate surface area is 117 Å². The van der Waals surface area contributed by atoms with Crippen molar-refractivity contribution < 1.29 is 4.79 Å². The van der Waals surface area contributed by atoms with Gasteiger partial charge in [-0.2, -0.15) is 0 Å². The number of nitrogens with one attached hydrogen (secondary N) is 1. The van der Waals surface area contributed by atoms with Crippen LogP contribution in [0.1, 0.15) is 46.3 Å². The predicted octanol–water partition coefficient (Wildman–Crippen LogP) is 1.76. The Morgan fingerprint density at radius 3 is 3.11 bits per heavy atom. The van der Waals surface area contributed by atoms with Crippen LogP contribution in [-0.4, -0.2) is 23.9 Å². The van der Waals surface area contributed by atoms with Crippen molar-refractivity contribution in [3.63, 3.8) is 0 Å². The van der Waals surface area contributed by atoms with Crippen molar-refractivity contribution in [2.24, 2.45) is 10.7 Å². The van der Waals surface area contributed by atoms with Crippen molar-refractivity contribution in [2.75, 3.05) is 7.05 Å². The van der Waals surface area contributed by atoms with Crippen LogP contribution in [0.4, 0.5) is 0 Å². The molecule has 1 amide bonds. The molecule has 1 heterocycles. The first-order valence-corrected chi connectivity index (χ1v) is 6.72. The van der Waals surface area contributed by atoms with Gasteiger partial charge >= 0.3 is 0 Å². The van der Waals surface area contributed by atoms with Gasteiger partial charge in [0.05, 0.1) is 10.9 Å². The third-order valence-electron chi connectivity index (χ3n) is 3.21. The van der Waals surface area contributed by atoms with E-state index in [0.717, 1.165) is 36.9 Å². The number of aliphatic imine (C=N–C) groups is 1. The number of carbonyl (C=O) groups excluding carboxylic acids is 1. The molecule has 0 saturated carbocycles. The Morgan fingerprint density at radius 2 is 2.37 bits per heavy atom. The van der Waals surface area contributed by atoms with E-state index in [4.69, 9.17) is 17.3 Å². The van der Waals surface area contributed by atoms with E-state index >= 15 is 0 Å². The van der Waals surface area contributed by atoms with E-state index in [0.29, 0.717) is 5.56 Å². The number of aromatic nitrogens is 1. The zero-order chi connectivity index (χ0) is 13.8. The van der Waals surface area contributed by atoms with Crippen molar-refractivity contribution in [1.29, 1.82) is 0 Å². The SMILES string of the molecule is CN=C(N)NC(=O)c1cnc2c(c1)C(Cl)CCCC2. The van der Waals surface area contributed by atoms with Gasteiger partial charge in [-0.05, 0) is 30.9 Å². The summed E-state index contributed by atoms with van der Waals surface area (Å²) in [5.41, 5.74) is 7.88. The molecule has 1 aliphatic carbocycles. The third-order valence-corrected chi connectivity index (χ3v) is 3.66. The van der Waals surface area contributed by atoms with Gasteiger partial charge in [0, 0.05) is 18.9 Å². The highest BCUT2D eigenvalue weighted by atomic mass is 35.5. The number of amides is 1. The number of pyridine rings is 1. The van der Waals surface area contributed by atoms with E-state index in [1.807, 2.05) is 6.07 Å². The number of hydrogen-bond acceptors (Lipinski definition) is 3. The van der Waals surface area contributed by atoms with E-state index in [2.05, 4.69) is 15.3 Å². The van der Waals surface area contributed by atoms with Gasteiger partial charge in [-0.25, -0.2) is 0 Å². The molecule has 5 nitrogen and oxygen atoms in total. The van der Waals surface area contributed by atoms with Gasteiger partial charge in [0.1, 0.15) is 0 Å². The van der Waals surface area contributed by atoms with Crippen LogP contribution in [0.5, 0.6) is 0 Å². The number of fused-ring (bicyclic) bond motifs is 1. The molecule has 1 unspecified atom stereocenters. The second kappa shape index (κ2) is 6.02. The lowest BCUT2D eigenvalue weighted by molar-refractivity contribution is 0.0976. The van der Waals surface area contributed by atoms with Gasteiger partial charge in [0.15, 0.2) is 5.96 Å². The number of rotatable bonds is 1. The summed E-state index contributed by atoms with van der Waals surface area (Å²) in [6, 6.07) is 1.81. The van der Waals surface area contributed by atoms with Gasteiger partial charge in [0.2, 0.25) is 0 Å². The lowest BCUT2D eigenvalue weighted by Crippen LogP contribution is -2.36. The third kappa shape index (κ3) is 3.23. The van der Waals surface area contributed by atoms with Crippen molar-refractivity contribution >= 4 is 23.5 Å². The van der Waals surface area contributed by atoms with Crippen LogP contribution < -0.4 is 11.1 Å². The number of guanidine groups is 1. The molecule has 1 aliphatic rings. The van der Waals surface area contributed by atoms with Crippen molar-refractivity contribution in [2.45, 2.75) is 31.1 Å². The molecule has 0 bridgehead atoms. The molecular weight excluding hydrogens is 264 g/mol. The molecule has 0 radical (unpaired) electrons. The van der Waals surface area contributed by atoms with Crippen LogP contribution in [0.2, 0.25) is 0 Å². The van der Waals surface area contributed by atoms with Crippen LogP contribution in [0.3, 0.4) is 0 Å². The van der Waals surface area contributed by atoms with E-state index < -0.39 is 0 Å². The topological polar surface area (TPSA) is 80.4 Å². The van der Waals surface area contributed by atoms with Gasteiger partial charge < -0.3 is 5.73 Å². The van der Waals surface area contributed by atoms with Crippen LogP contribution in [0, 0.1) is 0 Å². The molecule has 3 N–H and O–H groups in total. The van der Waals surface area contributed by atoms with Crippen LogP contribution in [0.25, 0.3) is 0 Å². The van der Waals surface area contributed by atoms with E-state index in [1.54, 1.807) is 6.20 Å². The summed E-state index contributed by atoms with van der Waals surface area (Å²) in [4.78, 5) is 20.0. The Hall–Kier alpha value is -1.62. The quantitative estimate of drug-likeness (QED) is 0.356. The van der Waals surface area contributed by atoms with Gasteiger partial charge in [-0.1, -0.05) is 6.42 Å². The molecule has 19 heavy (non-hydrogen) atoms. The lowest BCUT2D eigenvalue weighted by Gasteiger charge is -2.11. The fraction of sp³-hybridized carbons (Fsp3) is 0.462. The molecule has 102 valence electrons. The number of hydrogen-bond donors (Lipinski definition) is 2. The number of nitrogens with zero attached hydrogens (tertiary/aromatic N) is 2. The Morgan fingerprint density at radius 1 is 1.58 bits per heavy atom. The molecule has 0 spiro atoms. The number of carbonyl (C=O) groups is 1. The minimum Gasteiger partial charge on any atom is -0.370 e. The average molecular weight is 281 g/mol. The molecule has 0 fully saturated rings. The molecule has 1 aromatic rings. The number of alkyl halides is 1. The van der Waals surface area contributed by atoms with Crippen LogP contribution in [-0.2, 0) is 6.42 Å². The van der Waals surface area contributed by atoms with E-state index in [1.165, 1.54) is 7.05 Å². The average Bonchev–Trinajstić information content (AvgIpc) is 2.60. The first-order valence-electron chi connectivity index (χ1n) is 6.28. The molecule has 2 rings (SSSR count). The summed E-state index contributed by atoms with van der Waals surface area (Å²) in [7, 11) is 1.51. The molecule has 6 heteroatoms. The Balaban J connectivity index is 2.27. The molecular formula is C13H17ClN4O. The lowest BCUT2D eigenvalue weighted by atomic mass is 10.1. The number of halogens is 1. The summed E-state index contributed by atoms with van der Waals surface area (Å²) in [6.07, 6.45) is 5.57. The minimum atomic E-state index is -0.313. The van der Waals surface area contributed by atoms with Crippen molar-refractivity contribution in [3.8, 4) is 0 Å². The summed E-state index contributed by atoms with van der Waals surface area (Å²) < 4.78 is 0. The maximum atomic E-state index is 11.9. The van der Waals surface area contributed by atoms with Crippen molar-refractivity contribution in [3.05, 3.63) is 29.1 Å². The van der Waals surface area contributed by atoms with Gasteiger partial charge in [-0.15, -0.1) is 11.6 Å². The first kappa shape index (κ1) is 13.8. The largest absolute Gasteiger partial charge is 0.370 e.